The quantitative estimate of drug-likeness (QED) is 0.495. The molecule has 0 saturated carbocycles. The van der Waals surface area contributed by atoms with E-state index in [4.69, 9.17) is 5.11 Å². The number of nitrogens with zero attached hydrogens (tertiary/aromatic N) is 1. The van der Waals surface area contributed by atoms with Crippen LogP contribution in [0.3, 0.4) is 0 Å². The molecular formula is C8H17NO2. The van der Waals surface area contributed by atoms with Gasteiger partial charge in [0, 0.05) is 0 Å². The third-order valence-corrected chi connectivity index (χ3v) is 1.71. The molecule has 0 aromatic rings. The molecule has 0 saturated heterocycles. The van der Waals surface area contributed by atoms with E-state index >= 15 is 0 Å². The molecule has 0 amide bonds. The van der Waals surface area contributed by atoms with E-state index in [0.29, 0.717) is 13.1 Å². The topological polar surface area (TPSA) is 43.3 Å². The molecule has 3 heteroatoms. The van der Waals surface area contributed by atoms with Crippen molar-refractivity contribution in [3.8, 4) is 0 Å². The minimum atomic E-state index is -0.528. The zero-order valence-corrected chi connectivity index (χ0v) is 7.45. The Morgan fingerprint density at radius 1 is 1.45 bits per heavy atom. The van der Waals surface area contributed by atoms with Gasteiger partial charge in [0.1, 0.15) is 0 Å². The van der Waals surface area contributed by atoms with E-state index in [9.17, 15) is 5.21 Å². The van der Waals surface area contributed by atoms with Crippen LogP contribution in [0.15, 0.2) is 12.3 Å². The Balaban J connectivity index is 4.06. The molecule has 0 aromatic heterocycles. The number of hydrogen-bond donors (Lipinski definition) is 1. The first-order chi connectivity index (χ1) is 5.04. The Hall–Kier alpha value is -0.380. The van der Waals surface area contributed by atoms with Crippen molar-refractivity contribution in [2.75, 3.05) is 13.1 Å². The second-order valence-electron chi connectivity index (χ2n) is 2.67. The number of hydroxylamine groups is 3. The molecule has 3 nitrogen and oxygen atoms in total. The normalized spacial score (nSPS) is 15.7. The molecule has 1 unspecified atom stereocenters. The summed E-state index contributed by atoms with van der Waals surface area (Å²) in [5.41, 5.74) is 0. The number of aliphatic hydroxyl groups is 1. The van der Waals surface area contributed by atoms with Gasteiger partial charge in [-0.1, -0.05) is 0 Å². The lowest BCUT2D eigenvalue weighted by atomic mass is 10.4. The standard InChI is InChI=1S/C8H17NO2/c1-4-9(11,5-2)7-6-8(3)10/h6-8,10H,4-5H2,1-3H3/b7-6+. The van der Waals surface area contributed by atoms with Gasteiger partial charge in [0.25, 0.3) is 0 Å². The zero-order chi connectivity index (χ0) is 8.91. The Labute approximate surface area is 68.1 Å². The molecule has 0 heterocycles. The van der Waals surface area contributed by atoms with Crippen LogP contribution in [0.2, 0.25) is 0 Å². The van der Waals surface area contributed by atoms with E-state index in [2.05, 4.69) is 0 Å². The maximum absolute atomic E-state index is 11.5. The van der Waals surface area contributed by atoms with E-state index in [1.54, 1.807) is 6.92 Å². The highest BCUT2D eigenvalue weighted by Gasteiger charge is 2.05. The fourth-order valence-electron chi connectivity index (χ4n) is 0.716. The van der Waals surface area contributed by atoms with Gasteiger partial charge in [-0.25, -0.2) is 0 Å². The first-order valence-electron chi connectivity index (χ1n) is 3.99. The highest BCUT2D eigenvalue weighted by Crippen LogP contribution is 2.04. The van der Waals surface area contributed by atoms with Gasteiger partial charge in [-0.05, 0) is 26.8 Å². The summed E-state index contributed by atoms with van der Waals surface area (Å²) in [7, 11) is 0. The minimum absolute atomic E-state index is 0.356. The van der Waals surface area contributed by atoms with Gasteiger partial charge in [-0.3, -0.25) is 0 Å². The Bertz CT molecular complexity index is 128. The summed E-state index contributed by atoms with van der Waals surface area (Å²) < 4.78 is -0.356. The Morgan fingerprint density at radius 3 is 2.18 bits per heavy atom. The zero-order valence-electron chi connectivity index (χ0n) is 7.45. The van der Waals surface area contributed by atoms with Crippen molar-refractivity contribution in [3.63, 3.8) is 0 Å². The molecule has 0 radical (unpaired) electrons. The van der Waals surface area contributed by atoms with E-state index in [1.165, 1.54) is 12.3 Å². The Kier molecular flexibility index (Phi) is 4.33. The molecular weight excluding hydrogens is 142 g/mol. The first-order valence-corrected chi connectivity index (χ1v) is 3.99. The summed E-state index contributed by atoms with van der Waals surface area (Å²) in [6.45, 7) is 6.33. The molecule has 0 aliphatic heterocycles. The summed E-state index contributed by atoms with van der Waals surface area (Å²) in [6.07, 6.45) is 2.50. The van der Waals surface area contributed by atoms with E-state index < -0.39 is 6.10 Å². The minimum Gasteiger partial charge on any atom is -0.628 e. The molecule has 1 N–H and O–H groups in total. The number of aliphatic hydroxyl groups excluding tert-OH is 1. The summed E-state index contributed by atoms with van der Waals surface area (Å²) in [6, 6.07) is 0. The van der Waals surface area contributed by atoms with Crippen LogP contribution in [0.25, 0.3) is 0 Å². The van der Waals surface area contributed by atoms with Gasteiger partial charge in [0.2, 0.25) is 0 Å². The van der Waals surface area contributed by atoms with Gasteiger partial charge in [0.05, 0.1) is 25.4 Å². The van der Waals surface area contributed by atoms with E-state index in [1.807, 2.05) is 13.8 Å². The van der Waals surface area contributed by atoms with E-state index in [-0.39, 0.29) is 4.65 Å². The van der Waals surface area contributed by atoms with Crippen molar-refractivity contribution >= 4 is 0 Å². The van der Waals surface area contributed by atoms with Crippen LogP contribution < -0.4 is 0 Å². The maximum atomic E-state index is 11.5. The van der Waals surface area contributed by atoms with Gasteiger partial charge in [-0.15, -0.1) is 0 Å². The van der Waals surface area contributed by atoms with Crippen molar-refractivity contribution in [2.24, 2.45) is 0 Å². The lowest BCUT2D eigenvalue weighted by Crippen LogP contribution is -2.35. The maximum Gasteiger partial charge on any atom is 0.0943 e. The monoisotopic (exact) mass is 159 g/mol. The smallest absolute Gasteiger partial charge is 0.0943 e. The summed E-state index contributed by atoms with van der Waals surface area (Å²) in [4.78, 5) is 0. The van der Waals surface area contributed by atoms with Gasteiger partial charge in [0.15, 0.2) is 0 Å². The molecule has 66 valence electrons. The lowest BCUT2D eigenvalue weighted by Gasteiger charge is -2.36. The van der Waals surface area contributed by atoms with Crippen LogP contribution in [0, 0.1) is 5.21 Å². The van der Waals surface area contributed by atoms with Crippen LogP contribution >= 0.6 is 0 Å². The predicted octanol–water partition coefficient (Wildman–Crippen LogP) is 1.24. The van der Waals surface area contributed by atoms with Gasteiger partial charge < -0.3 is 15.0 Å². The van der Waals surface area contributed by atoms with Crippen molar-refractivity contribution in [2.45, 2.75) is 26.9 Å². The van der Waals surface area contributed by atoms with Crippen molar-refractivity contribution < 1.29 is 9.75 Å². The molecule has 0 aliphatic rings. The molecule has 0 spiro atoms. The average molecular weight is 159 g/mol. The van der Waals surface area contributed by atoms with Gasteiger partial charge >= 0.3 is 0 Å². The molecule has 0 aromatic carbocycles. The molecule has 0 bridgehead atoms. The molecule has 0 fully saturated rings. The van der Waals surface area contributed by atoms with Crippen LogP contribution in [-0.4, -0.2) is 28.9 Å². The van der Waals surface area contributed by atoms with Crippen LogP contribution in [0.4, 0.5) is 0 Å². The van der Waals surface area contributed by atoms with Crippen LogP contribution in [0.5, 0.6) is 0 Å². The van der Waals surface area contributed by atoms with E-state index in [0.717, 1.165) is 0 Å². The van der Waals surface area contributed by atoms with Crippen molar-refractivity contribution in [1.29, 1.82) is 0 Å². The number of hydrogen-bond acceptors (Lipinski definition) is 2. The predicted molar refractivity (Wildman–Crippen MR) is 45.5 cm³/mol. The lowest BCUT2D eigenvalue weighted by molar-refractivity contribution is -0.825. The third-order valence-electron chi connectivity index (χ3n) is 1.71. The van der Waals surface area contributed by atoms with Crippen molar-refractivity contribution in [1.82, 2.24) is 0 Å². The highest BCUT2D eigenvalue weighted by molar-refractivity contribution is 4.80. The Morgan fingerprint density at radius 2 is 1.91 bits per heavy atom. The summed E-state index contributed by atoms with van der Waals surface area (Å²) in [5, 5.41) is 20.4. The van der Waals surface area contributed by atoms with Crippen LogP contribution in [0.1, 0.15) is 20.8 Å². The molecule has 1 atom stereocenters. The molecule has 0 aliphatic carbocycles. The third kappa shape index (κ3) is 4.14. The first kappa shape index (κ1) is 10.6. The van der Waals surface area contributed by atoms with Gasteiger partial charge in [-0.2, -0.15) is 0 Å². The SMILES string of the molecule is CC[N+]([O-])(/C=C/C(C)O)CC. The number of quaternary nitrogens is 1. The largest absolute Gasteiger partial charge is 0.628 e. The second kappa shape index (κ2) is 4.49. The summed E-state index contributed by atoms with van der Waals surface area (Å²) >= 11 is 0. The molecule has 11 heavy (non-hydrogen) atoms. The fraction of sp³-hybridized carbons (Fsp3) is 0.750. The fourth-order valence-corrected chi connectivity index (χ4v) is 0.716. The average Bonchev–Trinajstić information content (AvgIpc) is 2.00. The molecule has 0 rings (SSSR count). The second-order valence-corrected chi connectivity index (χ2v) is 2.67. The summed E-state index contributed by atoms with van der Waals surface area (Å²) in [5.74, 6) is 0. The number of rotatable bonds is 4. The highest BCUT2D eigenvalue weighted by atomic mass is 16.5. The van der Waals surface area contributed by atoms with Crippen LogP contribution in [-0.2, 0) is 0 Å². The van der Waals surface area contributed by atoms with Crippen molar-refractivity contribution in [3.05, 3.63) is 17.5 Å².